The molecule has 4 heteroatoms. The molecule has 0 saturated heterocycles. The van der Waals surface area contributed by atoms with Gasteiger partial charge in [0, 0.05) is 57.4 Å². The summed E-state index contributed by atoms with van der Waals surface area (Å²) < 4.78 is 17.2. The fraction of sp³-hybridized carbons (Fsp3) is 0. The third-order valence-corrected chi connectivity index (χ3v) is 13.9. The summed E-state index contributed by atoms with van der Waals surface area (Å²) in [6.07, 6.45) is 0. The summed E-state index contributed by atoms with van der Waals surface area (Å²) in [6.45, 7) is 0. The molecule has 0 saturated carbocycles. The Balaban J connectivity index is 0.976. The van der Waals surface area contributed by atoms with Crippen molar-refractivity contribution in [3.05, 3.63) is 169 Å². The van der Waals surface area contributed by atoms with Crippen molar-refractivity contribution in [1.82, 2.24) is 0 Å². The maximum atomic E-state index is 6.73. The number of para-hydroxylation sites is 2. The van der Waals surface area contributed by atoms with Gasteiger partial charge in [-0.1, -0.05) is 121 Å². The van der Waals surface area contributed by atoms with Crippen LogP contribution in [0, 0.1) is 0 Å². The molecule has 260 valence electrons. The molecule has 0 aliphatic heterocycles. The topological polar surface area (TPSA) is 26.3 Å². The SMILES string of the molecule is c1ccc2c(c1)oc1c2ccc2c3cccc(-c4ccc(-c5c6ccccc6c(-c6ccc7sc8c9ccsc9ccc8c7c6)c6ccccc56)cc4)c3oc21. The second kappa shape index (κ2) is 11.4. The molecule has 0 atom stereocenters. The van der Waals surface area contributed by atoms with Gasteiger partial charge in [0.05, 0.1) is 0 Å². The first-order valence-electron chi connectivity index (χ1n) is 18.9. The van der Waals surface area contributed by atoms with Gasteiger partial charge in [0.15, 0.2) is 11.2 Å². The van der Waals surface area contributed by atoms with Crippen molar-refractivity contribution >= 4 is 118 Å². The third kappa shape index (κ3) is 4.20. The number of furan rings is 2. The Labute approximate surface area is 328 Å². The second-order valence-electron chi connectivity index (χ2n) is 14.7. The third-order valence-electron chi connectivity index (χ3n) is 11.8. The number of hydrogen-bond donors (Lipinski definition) is 0. The molecule has 0 N–H and O–H groups in total. The van der Waals surface area contributed by atoms with Crippen LogP contribution in [0.4, 0.5) is 0 Å². The normalized spacial score (nSPS) is 12.3. The number of rotatable bonds is 3. The summed E-state index contributed by atoms with van der Waals surface area (Å²) in [6, 6.07) is 59.7. The molecule has 2 nitrogen and oxygen atoms in total. The van der Waals surface area contributed by atoms with Gasteiger partial charge in [0.2, 0.25) is 0 Å². The average molecular weight is 749 g/mol. The van der Waals surface area contributed by atoms with Gasteiger partial charge in [-0.2, -0.15) is 0 Å². The molecule has 0 radical (unpaired) electrons. The molecule has 0 spiro atoms. The van der Waals surface area contributed by atoms with Gasteiger partial charge in [0.1, 0.15) is 11.2 Å². The fourth-order valence-electron chi connectivity index (χ4n) is 9.27. The average Bonchev–Trinajstić information content (AvgIpc) is 4.05. The van der Waals surface area contributed by atoms with E-state index in [0.717, 1.165) is 55.0 Å². The molecule has 0 aliphatic rings. The highest BCUT2D eigenvalue weighted by Crippen LogP contribution is 2.47. The van der Waals surface area contributed by atoms with E-state index >= 15 is 0 Å². The van der Waals surface area contributed by atoms with Crippen LogP contribution in [0.2, 0.25) is 0 Å². The van der Waals surface area contributed by atoms with Gasteiger partial charge in [-0.25, -0.2) is 0 Å². The van der Waals surface area contributed by atoms with Crippen LogP contribution in [-0.4, -0.2) is 0 Å². The van der Waals surface area contributed by atoms with E-state index in [1.54, 1.807) is 0 Å². The number of hydrogen-bond acceptors (Lipinski definition) is 4. The molecule has 0 bridgehead atoms. The van der Waals surface area contributed by atoms with E-state index in [1.165, 1.54) is 74.1 Å². The Kier molecular flexibility index (Phi) is 6.23. The fourth-order valence-corrected chi connectivity index (χ4v) is 11.3. The van der Waals surface area contributed by atoms with Gasteiger partial charge in [-0.3, -0.25) is 0 Å². The summed E-state index contributed by atoms with van der Waals surface area (Å²) >= 11 is 3.72. The van der Waals surface area contributed by atoms with Crippen LogP contribution < -0.4 is 0 Å². The zero-order valence-electron chi connectivity index (χ0n) is 29.8. The Bertz CT molecular complexity index is 3700. The highest BCUT2D eigenvalue weighted by atomic mass is 32.1. The van der Waals surface area contributed by atoms with E-state index in [9.17, 15) is 0 Å². The van der Waals surface area contributed by atoms with Crippen molar-refractivity contribution < 1.29 is 8.83 Å². The number of benzene rings is 9. The lowest BCUT2D eigenvalue weighted by molar-refractivity contribution is 0.634. The molecular weight excluding hydrogens is 721 g/mol. The van der Waals surface area contributed by atoms with Crippen molar-refractivity contribution in [3.63, 3.8) is 0 Å². The standard InChI is InChI=1S/C52H28O2S2/c1-3-11-36-34(9-1)47(35-10-2-4-12-37(35)48(36)31-20-24-46-43(28-31)41-23-25-45-42(26-27-55-45)52(41)56-46)30-18-16-29(17-19-30)32-13-7-14-38-40-22-21-39-33-8-5-6-15-44(33)53-50(39)51(40)54-49(32)38/h1-28H. The molecule has 0 fully saturated rings. The number of fused-ring (bicyclic) bond motifs is 14. The Morgan fingerprint density at radius 3 is 1.68 bits per heavy atom. The van der Waals surface area contributed by atoms with E-state index in [0.29, 0.717) is 0 Å². The van der Waals surface area contributed by atoms with Crippen LogP contribution in [0.25, 0.3) is 129 Å². The highest BCUT2D eigenvalue weighted by molar-refractivity contribution is 7.27. The van der Waals surface area contributed by atoms with E-state index in [4.69, 9.17) is 8.83 Å². The molecule has 9 aromatic carbocycles. The smallest absolute Gasteiger partial charge is 0.178 e. The second-order valence-corrected chi connectivity index (χ2v) is 16.7. The molecule has 13 rings (SSSR count). The summed E-state index contributed by atoms with van der Waals surface area (Å²) in [7, 11) is 0. The van der Waals surface area contributed by atoms with Crippen molar-refractivity contribution in [2.45, 2.75) is 0 Å². The minimum atomic E-state index is 0.793. The predicted octanol–water partition coefficient (Wildman–Crippen LogP) is 16.4. The largest absolute Gasteiger partial charge is 0.452 e. The van der Waals surface area contributed by atoms with Crippen LogP contribution >= 0.6 is 22.7 Å². The molecule has 13 aromatic rings. The molecular formula is C52H28O2S2. The molecule has 0 unspecified atom stereocenters. The van der Waals surface area contributed by atoms with E-state index < -0.39 is 0 Å². The van der Waals surface area contributed by atoms with E-state index in [-0.39, 0.29) is 0 Å². The van der Waals surface area contributed by atoms with Gasteiger partial charge in [-0.15, -0.1) is 22.7 Å². The first-order valence-corrected chi connectivity index (χ1v) is 20.6. The van der Waals surface area contributed by atoms with Crippen molar-refractivity contribution in [1.29, 1.82) is 0 Å². The number of thiophene rings is 2. The summed E-state index contributed by atoms with van der Waals surface area (Å²) in [5, 5.41) is 15.6. The lowest BCUT2D eigenvalue weighted by atomic mass is 9.85. The molecule has 0 aliphatic carbocycles. The van der Waals surface area contributed by atoms with Crippen molar-refractivity contribution in [2.24, 2.45) is 0 Å². The minimum absolute atomic E-state index is 0.793. The molecule has 4 aromatic heterocycles. The van der Waals surface area contributed by atoms with E-state index in [2.05, 4.69) is 157 Å². The van der Waals surface area contributed by atoms with Crippen LogP contribution in [0.15, 0.2) is 178 Å². The zero-order valence-corrected chi connectivity index (χ0v) is 31.4. The monoisotopic (exact) mass is 748 g/mol. The maximum Gasteiger partial charge on any atom is 0.178 e. The lowest BCUT2D eigenvalue weighted by Gasteiger charge is -2.18. The van der Waals surface area contributed by atoms with E-state index in [1.807, 2.05) is 34.8 Å². The zero-order chi connectivity index (χ0) is 36.5. The Morgan fingerprint density at radius 2 is 0.911 bits per heavy atom. The van der Waals surface area contributed by atoms with Crippen LogP contribution in [-0.2, 0) is 0 Å². The van der Waals surface area contributed by atoms with Crippen molar-refractivity contribution in [3.8, 4) is 33.4 Å². The maximum absolute atomic E-state index is 6.73. The lowest BCUT2D eigenvalue weighted by Crippen LogP contribution is -1.91. The van der Waals surface area contributed by atoms with Crippen molar-refractivity contribution in [2.75, 3.05) is 0 Å². The highest BCUT2D eigenvalue weighted by Gasteiger charge is 2.20. The summed E-state index contributed by atoms with van der Waals surface area (Å²) in [4.78, 5) is 0. The van der Waals surface area contributed by atoms with Gasteiger partial charge in [-0.05, 0) is 97.2 Å². The summed E-state index contributed by atoms with van der Waals surface area (Å²) in [5.74, 6) is 0. The van der Waals surface area contributed by atoms with Gasteiger partial charge >= 0.3 is 0 Å². The minimum Gasteiger partial charge on any atom is -0.452 e. The van der Waals surface area contributed by atoms with Crippen LogP contribution in [0.5, 0.6) is 0 Å². The Hall–Kier alpha value is -6.72. The predicted molar refractivity (Wildman–Crippen MR) is 241 cm³/mol. The molecule has 0 amide bonds. The van der Waals surface area contributed by atoms with Crippen LogP contribution in [0.3, 0.4) is 0 Å². The van der Waals surface area contributed by atoms with Crippen LogP contribution in [0.1, 0.15) is 0 Å². The first-order chi connectivity index (χ1) is 27.8. The Morgan fingerprint density at radius 1 is 0.339 bits per heavy atom. The quantitative estimate of drug-likeness (QED) is 0.168. The summed E-state index contributed by atoms with van der Waals surface area (Å²) in [5.41, 5.74) is 10.5. The van der Waals surface area contributed by atoms with Gasteiger partial charge < -0.3 is 8.83 Å². The molecule has 4 heterocycles. The first kappa shape index (κ1) is 30.6. The molecule has 56 heavy (non-hydrogen) atoms. The van der Waals surface area contributed by atoms with Gasteiger partial charge in [0.25, 0.3) is 0 Å².